The highest BCUT2D eigenvalue weighted by molar-refractivity contribution is 7.99. The van der Waals surface area contributed by atoms with Crippen molar-refractivity contribution >= 4 is 23.5 Å². The summed E-state index contributed by atoms with van der Waals surface area (Å²) in [5, 5.41) is 8.76. The number of allylic oxidation sites excluding steroid dienone is 2. The molecule has 0 bridgehead atoms. The molecule has 2 heterocycles. The number of aromatic nitrogens is 3. The van der Waals surface area contributed by atoms with E-state index in [9.17, 15) is 4.79 Å². The van der Waals surface area contributed by atoms with E-state index < -0.39 is 0 Å². The molecule has 0 unspecified atom stereocenters. The molecule has 1 atom stereocenters. The third-order valence-corrected chi connectivity index (χ3v) is 5.35. The van der Waals surface area contributed by atoms with Crippen LogP contribution in [-0.2, 0) is 4.79 Å². The topological polar surface area (TPSA) is 69.0 Å². The predicted molar refractivity (Wildman–Crippen MR) is 102 cm³/mol. The number of ether oxygens (including phenoxy) is 1. The molecule has 7 heteroatoms. The van der Waals surface area contributed by atoms with Crippen molar-refractivity contribution in [3.05, 3.63) is 41.1 Å². The van der Waals surface area contributed by atoms with Crippen LogP contribution in [0.4, 0.5) is 5.95 Å². The van der Waals surface area contributed by atoms with Gasteiger partial charge in [0.1, 0.15) is 11.8 Å². The fraction of sp³-hybridized carbons (Fsp3) is 0.421. The van der Waals surface area contributed by atoms with Gasteiger partial charge in [0.25, 0.3) is 0 Å². The summed E-state index contributed by atoms with van der Waals surface area (Å²) in [6.45, 7) is 4.67. The second kappa shape index (κ2) is 7.15. The Bertz CT molecular complexity index is 857. The second-order valence-electron chi connectivity index (χ2n) is 6.29. The first-order chi connectivity index (χ1) is 12.7. The van der Waals surface area contributed by atoms with Crippen molar-refractivity contribution in [2.45, 2.75) is 44.3 Å². The van der Waals surface area contributed by atoms with Gasteiger partial charge < -0.3 is 10.1 Å². The maximum Gasteiger partial charge on any atom is 0.227 e. The molecule has 1 N–H and O–H groups in total. The standard InChI is InChI=1S/C19H22N4O2S/c1-3-25-13-10-8-12(9-11-13)17-16-14(6-5-7-15(16)24)20-18-21-19(26-4-2)22-23(17)18/h8-11,17H,3-7H2,1-2H3,(H,20,21,22)/t17-/m1/s1. The largest absolute Gasteiger partial charge is 0.494 e. The van der Waals surface area contributed by atoms with Crippen LogP contribution in [0.1, 0.15) is 44.7 Å². The van der Waals surface area contributed by atoms with Crippen LogP contribution >= 0.6 is 11.8 Å². The molecule has 6 nitrogen and oxygen atoms in total. The quantitative estimate of drug-likeness (QED) is 0.807. The highest BCUT2D eigenvalue weighted by Crippen LogP contribution is 2.40. The number of hydrogen-bond acceptors (Lipinski definition) is 6. The van der Waals surface area contributed by atoms with Gasteiger partial charge in [0.2, 0.25) is 11.1 Å². The summed E-state index contributed by atoms with van der Waals surface area (Å²) in [7, 11) is 0. The Labute approximate surface area is 157 Å². The van der Waals surface area contributed by atoms with Crippen LogP contribution in [0.2, 0.25) is 0 Å². The lowest BCUT2D eigenvalue weighted by atomic mass is 9.85. The Morgan fingerprint density at radius 1 is 1.27 bits per heavy atom. The van der Waals surface area contributed by atoms with Gasteiger partial charge in [-0.05, 0) is 43.2 Å². The molecule has 1 aromatic heterocycles. The normalized spacial score (nSPS) is 19.0. The molecule has 0 saturated carbocycles. The highest BCUT2D eigenvalue weighted by atomic mass is 32.2. The maximum atomic E-state index is 12.7. The fourth-order valence-corrected chi connectivity index (χ4v) is 4.10. The molecular formula is C19H22N4O2S. The molecule has 4 rings (SSSR count). The van der Waals surface area contributed by atoms with Crippen LogP contribution in [-0.4, -0.2) is 32.9 Å². The molecule has 0 radical (unpaired) electrons. The van der Waals surface area contributed by atoms with E-state index in [-0.39, 0.29) is 11.8 Å². The van der Waals surface area contributed by atoms with Crippen LogP contribution in [0, 0.1) is 0 Å². The number of anilines is 1. The molecule has 0 fully saturated rings. The van der Waals surface area contributed by atoms with Crippen LogP contribution in [0.25, 0.3) is 0 Å². The summed E-state index contributed by atoms with van der Waals surface area (Å²) >= 11 is 1.60. The van der Waals surface area contributed by atoms with Gasteiger partial charge in [-0.1, -0.05) is 30.8 Å². The van der Waals surface area contributed by atoms with Crippen molar-refractivity contribution in [1.29, 1.82) is 0 Å². The van der Waals surface area contributed by atoms with E-state index in [4.69, 9.17) is 4.74 Å². The summed E-state index contributed by atoms with van der Waals surface area (Å²) in [5.74, 6) is 2.65. The molecule has 136 valence electrons. The molecule has 1 aromatic carbocycles. The zero-order valence-corrected chi connectivity index (χ0v) is 15.8. The Kier molecular flexibility index (Phi) is 4.72. The van der Waals surface area contributed by atoms with Gasteiger partial charge in [0, 0.05) is 17.7 Å². The number of carbonyl (C=O) groups is 1. The summed E-state index contributed by atoms with van der Waals surface area (Å²) < 4.78 is 7.41. The highest BCUT2D eigenvalue weighted by Gasteiger charge is 2.36. The van der Waals surface area contributed by atoms with E-state index in [1.54, 1.807) is 11.8 Å². The summed E-state index contributed by atoms with van der Waals surface area (Å²) in [6, 6.07) is 7.71. The first-order valence-electron chi connectivity index (χ1n) is 9.06. The number of thioether (sulfide) groups is 1. The van der Waals surface area contributed by atoms with Crippen LogP contribution in [0.15, 0.2) is 40.7 Å². The third-order valence-electron chi connectivity index (χ3n) is 4.63. The molecule has 1 aliphatic heterocycles. The number of rotatable bonds is 5. The van der Waals surface area contributed by atoms with Crippen LogP contribution in [0.3, 0.4) is 0 Å². The van der Waals surface area contributed by atoms with Crippen molar-refractivity contribution in [2.75, 3.05) is 17.7 Å². The average Bonchev–Trinajstić information content (AvgIpc) is 3.03. The maximum absolute atomic E-state index is 12.7. The zero-order chi connectivity index (χ0) is 18.1. The molecule has 2 aliphatic rings. The van der Waals surface area contributed by atoms with Gasteiger partial charge in [-0.2, -0.15) is 4.98 Å². The Hall–Kier alpha value is -2.28. The summed E-state index contributed by atoms with van der Waals surface area (Å²) in [4.78, 5) is 17.3. The summed E-state index contributed by atoms with van der Waals surface area (Å²) in [6.07, 6.45) is 2.34. The first kappa shape index (κ1) is 17.1. The lowest BCUT2D eigenvalue weighted by Gasteiger charge is -2.32. The number of fused-ring (bicyclic) bond motifs is 1. The molecule has 26 heavy (non-hydrogen) atoms. The van der Waals surface area contributed by atoms with Gasteiger partial charge in [0.05, 0.1) is 6.61 Å². The van der Waals surface area contributed by atoms with E-state index in [0.29, 0.717) is 19.0 Å². The fourth-order valence-electron chi connectivity index (χ4n) is 3.55. The van der Waals surface area contributed by atoms with E-state index >= 15 is 0 Å². The molecular weight excluding hydrogens is 348 g/mol. The predicted octanol–water partition coefficient (Wildman–Crippen LogP) is 3.81. The number of ketones is 1. The molecule has 0 spiro atoms. The number of carbonyl (C=O) groups excluding carboxylic acids is 1. The van der Waals surface area contributed by atoms with E-state index in [1.165, 1.54) is 0 Å². The molecule has 1 aliphatic carbocycles. The molecule has 0 amide bonds. The molecule has 2 aromatic rings. The summed E-state index contributed by atoms with van der Waals surface area (Å²) in [5.41, 5.74) is 2.84. The van der Waals surface area contributed by atoms with Crippen molar-refractivity contribution in [3.8, 4) is 5.75 Å². The number of nitrogens with one attached hydrogen (secondary N) is 1. The van der Waals surface area contributed by atoms with E-state index in [2.05, 4.69) is 22.3 Å². The monoisotopic (exact) mass is 370 g/mol. The van der Waals surface area contributed by atoms with Crippen molar-refractivity contribution < 1.29 is 9.53 Å². The van der Waals surface area contributed by atoms with Crippen molar-refractivity contribution in [1.82, 2.24) is 14.8 Å². The first-order valence-corrected chi connectivity index (χ1v) is 10.0. The Morgan fingerprint density at radius 3 is 2.81 bits per heavy atom. The lowest BCUT2D eigenvalue weighted by molar-refractivity contribution is -0.116. The SMILES string of the molecule is CCOc1ccc([C@@H]2C3=C(CCCC3=O)Nc3nc(SCC)nn32)cc1. The van der Waals surface area contributed by atoms with Gasteiger partial charge in [-0.3, -0.25) is 4.79 Å². The molecule has 0 saturated heterocycles. The number of Topliss-reactive ketones (excluding diaryl/α,β-unsaturated/α-hetero) is 1. The van der Waals surface area contributed by atoms with Crippen LogP contribution in [0.5, 0.6) is 5.75 Å². The van der Waals surface area contributed by atoms with Crippen LogP contribution < -0.4 is 10.1 Å². The van der Waals surface area contributed by atoms with Gasteiger partial charge >= 0.3 is 0 Å². The third kappa shape index (κ3) is 3.00. The van der Waals surface area contributed by atoms with Gasteiger partial charge in [-0.25, -0.2) is 4.68 Å². The van der Waals surface area contributed by atoms with E-state index in [0.717, 1.165) is 46.3 Å². The van der Waals surface area contributed by atoms with Crippen molar-refractivity contribution in [2.24, 2.45) is 0 Å². The number of hydrogen-bond donors (Lipinski definition) is 1. The minimum atomic E-state index is -0.233. The Morgan fingerprint density at radius 2 is 2.08 bits per heavy atom. The van der Waals surface area contributed by atoms with E-state index in [1.807, 2.05) is 35.9 Å². The smallest absolute Gasteiger partial charge is 0.227 e. The van der Waals surface area contributed by atoms with Gasteiger partial charge in [0.15, 0.2) is 5.78 Å². The minimum Gasteiger partial charge on any atom is -0.494 e. The second-order valence-corrected chi connectivity index (χ2v) is 7.53. The van der Waals surface area contributed by atoms with Gasteiger partial charge in [-0.15, -0.1) is 5.10 Å². The van der Waals surface area contributed by atoms with Crippen molar-refractivity contribution in [3.63, 3.8) is 0 Å². The average molecular weight is 370 g/mol. The number of nitrogens with zero attached hydrogens (tertiary/aromatic N) is 3. The Balaban J connectivity index is 1.80. The lowest BCUT2D eigenvalue weighted by Crippen LogP contribution is -2.31. The zero-order valence-electron chi connectivity index (χ0n) is 15.0. The minimum absolute atomic E-state index is 0.198. The number of benzene rings is 1.